The van der Waals surface area contributed by atoms with Crippen LogP contribution in [0, 0.1) is 0 Å². The maximum Gasteiger partial charge on any atom is 0.459 e. The molecule has 2 aromatic heterocycles. The van der Waals surface area contributed by atoms with Crippen LogP contribution in [0.1, 0.15) is 27.0 Å². The summed E-state index contributed by atoms with van der Waals surface area (Å²) in [6.07, 6.45) is -1.96. The van der Waals surface area contributed by atoms with Crippen molar-refractivity contribution >= 4 is 36.6 Å². The number of carboxylic acids is 1. The molecule has 0 spiro atoms. The zero-order chi connectivity index (χ0) is 27.9. The number of rotatable bonds is 10. The third kappa shape index (κ3) is 5.15. The van der Waals surface area contributed by atoms with Crippen molar-refractivity contribution in [3.8, 4) is 5.75 Å². The van der Waals surface area contributed by atoms with E-state index in [1.165, 1.54) is 36.9 Å². The number of fused-ring (bicyclic) bond motifs is 1. The number of aromatic nitrogens is 4. The maximum absolute atomic E-state index is 16.1. The highest BCUT2D eigenvalue weighted by atomic mass is 31.2. The van der Waals surface area contributed by atoms with Crippen molar-refractivity contribution in [1.29, 1.82) is 0 Å². The van der Waals surface area contributed by atoms with Gasteiger partial charge in [0.1, 0.15) is 23.5 Å². The molecule has 0 radical (unpaired) electrons. The minimum Gasteiger partial charge on any atom is -0.480 e. The van der Waals surface area contributed by atoms with Gasteiger partial charge in [-0.3, -0.25) is 13.9 Å². The molecule has 14 nitrogen and oxygen atoms in total. The number of halogens is 1. The molecule has 1 fully saturated rings. The number of carboxylic acid groups (broad SMARTS) is 1. The minimum atomic E-state index is -4.36. The SMILES string of the molecule is CNc1nc(N)nc2c1ncn2C1O[C@](C)(CO[P@@](=O)(NC(C)C(=O)O)Oc2ccccc2)[C@@H](O)[C@@]1(C)F. The van der Waals surface area contributed by atoms with E-state index < -0.39 is 50.0 Å². The molecule has 0 bridgehead atoms. The van der Waals surface area contributed by atoms with E-state index in [1.54, 1.807) is 25.2 Å². The third-order valence-electron chi connectivity index (χ3n) is 6.12. The van der Waals surface area contributed by atoms with Crippen molar-refractivity contribution < 1.29 is 37.7 Å². The van der Waals surface area contributed by atoms with Crippen molar-refractivity contribution in [1.82, 2.24) is 24.6 Å². The van der Waals surface area contributed by atoms with Crippen LogP contribution in [0.15, 0.2) is 36.7 Å². The highest BCUT2D eigenvalue weighted by Crippen LogP contribution is 2.51. The number of aliphatic carboxylic acids is 1. The van der Waals surface area contributed by atoms with Crippen LogP contribution >= 0.6 is 7.75 Å². The molecule has 1 saturated heterocycles. The number of aliphatic hydroxyl groups excluding tert-OH is 1. The number of imidazole rings is 1. The van der Waals surface area contributed by atoms with E-state index in [0.29, 0.717) is 11.3 Å². The Morgan fingerprint density at radius 3 is 2.66 bits per heavy atom. The molecule has 2 unspecified atom stereocenters. The van der Waals surface area contributed by atoms with Crippen LogP contribution < -0.4 is 20.7 Å². The summed E-state index contributed by atoms with van der Waals surface area (Å²) in [5, 5.41) is 25.5. The van der Waals surface area contributed by atoms with Crippen molar-refractivity contribution in [3.05, 3.63) is 36.7 Å². The van der Waals surface area contributed by atoms with Gasteiger partial charge in [0, 0.05) is 7.05 Å². The molecule has 0 aliphatic carbocycles. The lowest BCUT2D eigenvalue weighted by Gasteiger charge is -2.30. The zero-order valence-electron chi connectivity index (χ0n) is 21.0. The first kappa shape index (κ1) is 27.7. The molecular formula is C22H29FN7O7P. The number of nitrogens with one attached hydrogen (secondary N) is 2. The van der Waals surface area contributed by atoms with Crippen LogP contribution in [0.5, 0.6) is 5.75 Å². The fraction of sp³-hybridized carbons (Fsp3) is 0.455. The van der Waals surface area contributed by atoms with Gasteiger partial charge in [-0.2, -0.15) is 15.1 Å². The second-order valence-electron chi connectivity index (χ2n) is 9.21. The number of nitrogens with two attached hydrogens (primary N) is 1. The standard InChI is InChI=1S/C22H29FN7O7P/c1-12(17(31)32)29-38(34,37-13-8-6-5-7-9-13)35-10-21(2)18(33)22(3,23)19(36-21)30-11-26-14-15(25-4)27-20(24)28-16(14)30/h5-9,11-12,18-19,33H,10H2,1-4H3,(H,29,34)(H,31,32)(H3,24,25,27,28)/t12?,18-,19?,21-,22-,38+/m1/s1. The molecule has 0 amide bonds. The minimum absolute atomic E-state index is 0.0913. The summed E-state index contributed by atoms with van der Waals surface area (Å²) in [6.45, 7) is 3.11. The number of benzene rings is 1. The first-order valence-electron chi connectivity index (χ1n) is 11.5. The van der Waals surface area contributed by atoms with Gasteiger partial charge in [-0.1, -0.05) is 18.2 Å². The van der Waals surface area contributed by atoms with Gasteiger partial charge in [-0.15, -0.1) is 0 Å². The molecule has 38 heavy (non-hydrogen) atoms. The number of nitrogen functional groups attached to an aromatic ring is 1. The van der Waals surface area contributed by atoms with Crippen molar-refractivity contribution in [2.45, 2.75) is 50.4 Å². The largest absolute Gasteiger partial charge is 0.480 e. The summed E-state index contributed by atoms with van der Waals surface area (Å²) >= 11 is 0. The first-order chi connectivity index (χ1) is 17.8. The van der Waals surface area contributed by atoms with Crippen LogP contribution in [0.3, 0.4) is 0 Å². The Kier molecular flexibility index (Phi) is 7.34. The Bertz CT molecular complexity index is 1370. The second kappa shape index (κ2) is 10.1. The van der Waals surface area contributed by atoms with E-state index in [9.17, 15) is 19.6 Å². The molecule has 16 heteroatoms. The van der Waals surface area contributed by atoms with Crippen LogP contribution in [0.4, 0.5) is 16.2 Å². The number of para-hydroxylation sites is 1. The van der Waals surface area contributed by atoms with Crippen molar-refractivity contribution in [2.75, 3.05) is 24.7 Å². The zero-order valence-corrected chi connectivity index (χ0v) is 21.9. The molecular weight excluding hydrogens is 524 g/mol. The number of aliphatic hydroxyl groups is 1. The van der Waals surface area contributed by atoms with Gasteiger partial charge in [-0.25, -0.2) is 13.9 Å². The second-order valence-corrected chi connectivity index (χ2v) is 10.9. The Labute approximate surface area is 216 Å². The van der Waals surface area contributed by atoms with Crippen molar-refractivity contribution in [2.24, 2.45) is 0 Å². The fourth-order valence-corrected chi connectivity index (χ4v) is 5.69. The van der Waals surface area contributed by atoms with Crippen LogP contribution in [0.2, 0.25) is 0 Å². The number of nitrogens with zero attached hydrogens (tertiary/aromatic N) is 4. The van der Waals surface area contributed by atoms with Crippen molar-refractivity contribution in [3.63, 3.8) is 0 Å². The summed E-state index contributed by atoms with van der Waals surface area (Å²) < 4.78 is 47.9. The normalized spacial score (nSPS) is 27.6. The quantitative estimate of drug-likeness (QED) is 0.229. The van der Waals surface area contributed by atoms with Gasteiger partial charge in [0.05, 0.1) is 12.9 Å². The Balaban J connectivity index is 1.63. The predicted molar refractivity (Wildman–Crippen MR) is 134 cm³/mol. The van der Waals surface area contributed by atoms with Crippen LogP contribution in [-0.2, 0) is 18.6 Å². The van der Waals surface area contributed by atoms with Gasteiger partial charge in [-0.05, 0) is 32.9 Å². The fourth-order valence-electron chi connectivity index (χ4n) is 4.10. The lowest BCUT2D eigenvalue weighted by Crippen LogP contribution is -2.48. The van der Waals surface area contributed by atoms with Gasteiger partial charge in [0.25, 0.3) is 0 Å². The van der Waals surface area contributed by atoms with Crippen LogP contribution in [-0.4, -0.2) is 72.8 Å². The molecule has 3 aromatic rings. The number of carbonyl (C=O) groups is 1. The maximum atomic E-state index is 16.1. The van der Waals surface area contributed by atoms with Crippen LogP contribution in [0.25, 0.3) is 11.2 Å². The average molecular weight is 553 g/mol. The van der Waals surface area contributed by atoms with Gasteiger partial charge in [0.15, 0.2) is 28.9 Å². The number of hydrogen-bond donors (Lipinski definition) is 5. The van der Waals surface area contributed by atoms with E-state index in [4.69, 9.17) is 19.5 Å². The molecule has 6 atom stereocenters. The predicted octanol–water partition coefficient (Wildman–Crippen LogP) is 2.09. The molecule has 4 rings (SSSR count). The van der Waals surface area contributed by atoms with Gasteiger partial charge < -0.3 is 30.5 Å². The molecule has 1 aromatic carbocycles. The number of anilines is 2. The first-order valence-corrected chi connectivity index (χ1v) is 13.1. The topological polar surface area (TPSA) is 196 Å². The number of alkyl halides is 1. The smallest absolute Gasteiger partial charge is 0.459 e. The number of hydrogen-bond acceptors (Lipinski definition) is 11. The molecule has 3 heterocycles. The van der Waals surface area contributed by atoms with E-state index in [2.05, 4.69) is 25.4 Å². The van der Waals surface area contributed by atoms with E-state index in [0.717, 1.165) is 6.92 Å². The Morgan fingerprint density at radius 2 is 2.03 bits per heavy atom. The lowest BCUT2D eigenvalue weighted by molar-refractivity contribution is -0.138. The summed E-state index contributed by atoms with van der Waals surface area (Å²) in [6, 6.07) is 6.62. The lowest BCUT2D eigenvalue weighted by atomic mass is 9.90. The molecule has 0 saturated carbocycles. The molecule has 206 valence electrons. The van der Waals surface area contributed by atoms with E-state index >= 15 is 4.39 Å². The van der Waals surface area contributed by atoms with Gasteiger partial charge >= 0.3 is 13.7 Å². The third-order valence-corrected chi connectivity index (χ3v) is 7.74. The highest BCUT2D eigenvalue weighted by Gasteiger charge is 2.62. The Hall–Kier alpha value is -3.36. The highest BCUT2D eigenvalue weighted by molar-refractivity contribution is 7.52. The molecule has 6 N–H and O–H groups in total. The summed E-state index contributed by atoms with van der Waals surface area (Å²) in [5.41, 5.74) is 2.08. The Morgan fingerprint density at radius 1 is 1.34 bits per heavy atom. The average Bonchev–Trinajstić information content (AvgIpc) is 3.35. The number of ether oxygens (including phenoxy) is 1. The monoisotopic (exact) mass is 553 g/mol. The van der Waals surface area contributed by atoms with E-state index in [1.807, 2.05) is 0 Å². The van der Waals surface area contributed by atoms with Gasteiger partial charge in [0.2, 0.25) is 5.95 Å². The summed E-state index contributed by atoms with van der Waals surface area (Å²) in [7, 11) is -2.75. The summed E-state index contributed by atoms with van der Waals surface area (Å²) in [4.78, 5) is 23.8. The summed E-state index contributed by atoms with van der Waals surface area (Å²) in [5.74, 6) is -0.949. The molecule has 1 aliphatic heterocycles. The van der Waals surface area contributed by atoms with E-state index in [-0.39, 0.29) is 17.3 Å². The molecule has 1 aliphatic rings.